The molecule has 0 bridgehead atoms. The molecule has 124 valence electrons. The van der Waals surface area contributed by atoms with Gasteiger partial charge in [-0.05, 0) is 42.3 Å². The number of fused-ring (bicyclic) bond motifs is 1. The normalized spacial score (nSPS) is 10.6. The van der Waals surface area contributed by atoms with Gasteiger partial charge < -0.3 is 15.0 Å². The second-order valence-electron chi connectivity index (χ2n) is 5.15. The summed E-state index contributed by atoms with van der Waals surface area (Å²) in [7, 11) is 1.43. The van der Waals surface area contributed by atoms with Crippen molar-refractivity contribution >= 4 is 23.0 Å². The van der Waals surface area contributed by atoms with E-state index in [4.69, 9.17) is 4.74 Å². The average Bonchev–Trinajstić information content (AvgIpc) is 2.96. The third-order valence-electron chi connectivity index (χ3n) is 3.54. The number of imidazole rings is 1. The lowest BCUT2D eigenvalue weighted by atomic mass is 10.0. The first-order valence-corrected chi connectivity index (χ1v) is 7.49. The Morgan fingerprint density at radius 2 is 2.00 bits per heavy atom. The molecule has 3 aromatic rings. The third-order valence-corrected chi connectivity index (χ3v) is 3.54. The summed E-state index contributed by atoms with van der Waals surface area (Å²) in [6.45, 7) is 2.36. The number of rotatable bonds is 4. The molecule has 0 atom stereocenters. The minimum absolute atomic E-state index is 0.204. The highest BCUT2D eigenvalue weighted by molar-refractivity contribution is 5.90. The van der Waals surface area contributed by atoms with E-state index >= 15 is 0 Å². The van der Waals surface area contributed by atoms with Gasteiger partial charge in [0.2, 0.25) is 5.95 Å². The van der Waals surface area contributed by atoms with E-state index in [2.05, 4.69) is 20.6 Å². The van der Waals surface area contributed by atoms with Crippen LogP contribution in [0.3, 0.4) is 0 Å². The molecule has 0 spiro atoms. The Kier molecular flexibility index (Phi) is 4.33. The minimum atomic E-state index is -0.418. The highest BCUT2D eigenvalue weighted by Gasteiger charge is 2.09. The molecule has 3 rings (SSSR count). The number of urea groups is 1. The lowest BCUT2D eigenvalue weighted by Crippen LogP contribution is -2.28. The van der Waals surface area contributed by atoms with Gasteiger partial charge in [0.05, 0.1) is 18.1 Å². The van der Waals surface area contributed by atoms with Crippen molar-refractivity contribution in [1.29, 1.82) is 0 Å². The number of carbonyl (C=O) groups excluding carboxylic acids is 1. The average molecular weight is 328 g/mol. The van der Waals surface area contributed by atoms with Gasteiger partial charge in [-0.15, -0.1) is 0 Å². The van der Waals surface area contributed by atoms with E-state index in [-0.39, 0.29) is 11.8 Å². The molecule has 1 heterocycles. The molecule has 0 aliphatic rings. The van der Waals surface area contributed by atoms with Gasteiger partial charge in [0.15, 0.2) is 11.6 Å². The van der Waals surface area contributed by atoms with E-state index < -0.39 is 5.82 Å². The summed E-state index contributed by atoms with van der Waals surface area (Å²) in [6.07, 6.45) is 0. The predicted molar refractivity (Wildman–Crippen MR) is 90.7 cm³/mol. The number of benzene rings is 2. The van der Waals surface area contributed by atoms with Gasteiger partial charge in [-0.1, -0.05) is 12.1 Å². The second kappa shape index (κ2) is 6.57. The highest BCUT2D eigenvalue weighted by atomic mass is 19.1. The molecule has 0 saturated heterocycles. The molecule has 0 fully saturated rings. The number of H-pyrrole nitrogens is 1. The zero-order chi connectivity index (χ0) is 17.1. The van der Waals surface area contributed by atoms with Crippen LogP contribution < -0.4 is 15.4 Å². The lowest BCUT2D eigenvalue weighted by Gasteiger charge is -2.05. The predicted octanol–water partition coefficient (Wildman–Crippen LogP) is 3.52. The van der Waals surface area contributed by atoms with Crippen molar-refractivity contribution < 1.29 is 13.9 Å². The van der Waals surface area contributed by atoms with Crippen LogP contribution in [0.2, 0.25) is 0 Å². The number of methoxy groups -OCH3 is 1. The number of ether oxygens (including phenoxy) is 1. The number of aromatic amines is 1. The molecule has 0 aliphatic heterocycles. The molecule has 7 heteroatoms. The Morgan fingerprint density at radius 1 is 1.25 bits per heavy atom. The molecule has 0 saturated carbocycles. The quantitative estimate of drug-likeness (QED) is 0.685. The Balaban J connectivity index is 1.91. The standard InChI is InChI=1S/C17H17FN4O2/c1-3-19-17(23)22-16-20-13-6-4-11(9-14(13)21-16)10-5-7-15(24-2)12(18)8-10/h4-9H,3H2,1-2H3,(H3,19,20,21,22,23). The SMILES string of the molecule is CCNC(=O)Nc1nc2ccc(-c3ccc(OC)c(F)c3)cc2[nH]1. The zero-order valence-electron chi connectivity index (χ0n) is 13.3. The smallest absolute Gasteiger partial charge is 0.321 e. The summed E-state index contributed by atoms with van der Waals surface area (Å²) in [5.74, 6) is 0.141. The van der Waals surface area contributed by atoms with Gasteiger partial charge in [-0.25, -0.2) is 14.2 Å². The topological polar surface area (TPSA) is 79.0 Å². The second-order valence-corrected chi connectivity index (χ2v) is 5.15. The van der Waals surface area contributed by atoms with Gasteiger partial charge >= 0.3 is 6.03 Å². The fourth-order valence-corrected chi connectivity index (χ4v) is 2.41. The summed E-state index contributed by atoms with van der Waals surface area (Å²) >= 11 is 0. The number of anilines is 1. The first-order valence-electron chi connectivity index (χ1n) is 7.49. The monoisotopic (exact) mass is 328 g/mol. The van der Waals surface area contributed by atoms with E-state index in [1.807, 2.05) is 25.1 Å². The number of amides is 2. The number of hydrogen-bond donors (Lipinski definition) is 3. The Hall–Kier alpha value is -3.09. The van der Waals surface area contributed by atoms with Crippen LogP contribution in [-0.2, 0) is 0 Å². The van der Waals surface area contributed by atoms with Crippen molar-refractivity contribution in [3.8, 4) is 16.9 Å². The van der Waals surface area contributed by atoms with Gasteiger partial charge in [0.1, 0.15) is 0 Å². The van der Waals surface area contributed by atoms with Gasteiger partial charge in [0.25, 0.3) is 0 Å². The van der Waals surface area contributed by atoms with Crippen LogP contribution in [0.5, 0.6) is 5.75 Å². The maximum Gasteiger partial charge on any atom is 0.321 e. The highest BCUT2D eigenvalue weighted by Crippen LogP contribution is 2.28. The van der Waals surface area contributed by atoms with Crippen LogP contribution >= 0.6 is 0 Å². The maximum atomic E-state index is 13.9. The molecular weight excluding hydrogens is 311 g/mol. The molecule has 2 amide bonds. The van der Waals surface area contributed by atoms with E-state index in [9.17, 15) is 9.18 Å². The zero-order valence-corrected chi connectivity index (χ0v) is 13.3. The fraction of sp³-hybridized carbons (Fsp3) is 0.176. The molecule has 6 nitrogen and oxygen atoms in total. The summed E-state index contributed by atoms with van der Waals surface area (Å²) in [5, 5.41) is 5.25. The molecule has 0 aliphatic carbocycles. The largest absolute Gasteiger partial charge is 0.494 e. The van der Waals surface area contributed by atoms with Crippen LogP contribution in [0.4, 0.5) is 15.1 Å². The van der Waals surface area contributed by atoms with Crippen LogP contribution in [0.15, 0.2) is 36.4 Å². The maximum absolute atomic E-state index is 13.9. The Bertz CT molecular complexity index is 891. The van der Waals surface area contributed by atoms with Crippen LogP contribution in [0.1, 0.15) is 6.92 Å². The molecule has 24 heavy (non-hydrogen) atoms. The Labute approximate surface area is 138 Å². The number of nitrogens with one attached hydrogen (secondary N) is 3. The first kappa shape index (κ1) is 15.8. The van der Waals surface area contributed by atoms with E-state index in [0.717, 1.165) is 16.6 Å². The van der Waals surface area contributed by atoms with Crippen molar-refractivity contribution in [2.75, 3.05) is 19.0 Å². The number of carbonyl (C=O) groups is 1. The summed E-state index contributed by atoms with van der Waals surface area (Å²) in [4.78, 5) is 18.9. The van der Waals surface area contributed by atoms with E-state index in [1.54, 1.807) is 12.1 Å². The van der Waals surface area contributed by atoms with Crippen molar-refractivity contribution in [2.24, 2.45) is 0 Å². The summed E-state index contributed by atoms with van der Waals surface area (Å²) in [5.41, 5.74) is 3.01. The van der Waals surface area contributed by atoms with Crippen molar-refractivity contribution in [3.63, 3.8) is 0 Å². The van der Waals surface area contributed by atoms with E-state index in [0.29, 0.717) is 18.0 Å². The van der Waals surface area contributed by atoms with Gasteiger partial charge in [0, 0.05) is 6.54 Å². The number of halogens is 1. The summed E-state index contributed by atoms with van der Waals surface area (Å²) in [6, 6.07) is 9.98. The molecule has 2 aromatic carbocycles. The Morgan fingerprint density at radius 3 is 2.71 bits per heavy atom. The minimum Gasteiger partial charge on any atom is -0.494 e. The van der Waals surface area contributed by atoms with Gasteiger partial charge in [-0.3, -0.25) is 5.32 Å². The lowest BCUT2D eigenvalue weighted by molar-refractivity contribution is 0.252. The molecule has 1 aromatic heterocycles. The van der Waals surface area contributed by atoms with Crippen LogP contribution in [0.25, 0.3) is 22.2 Å². The first-order chi connectivity index (χ1) is 11.6. The number of nitrogens with zero attached hydrogens (tertiary/aromatic N) is 1. The summed E-state index contributed by atoms with van der Waals surface area (Å²) < 4.78 is 18.8. The number of hydrogen-bond acceptors (Lipinski definition) is 3. The van der Waals surface area contributed by atoms with Crippen molar-refractivity contribution in [2.45, 2.75) is 6.92 Å². The van der Waals surface area contributed by atoms with Crippen molar-refractivity contribution in [3.05, 3.63) is 42.2 Å². The number of aromatic nitrogens is 2. The van der Waals surface area contributed by atoms with Crippen LogP contribution in [0, 0.1) is 5.82 Å². The van der Waals surface area contributed by atoms with Gasteiger partial charge in [-0.2, -0.15) is 0 Å². The molecule has 0 radical (unpaired) electrons. The molecular formula is C17H17FN4O2. The third kappa shape index (κ3) is 3.15. The van der Waals surface area contributed by atoms with Crippen LogP contribution in [-0.4, -0.2) is 29.7 Å². The fourth-order valence-electron chi connectivity index (χ4n) is 2.41. The van der Waals surface area contributed by atoms with E-state index in [1.165, 1.54) is 13.2 Å². The van der Waals surface area contributed by atoms with Crippen molar-refractivity contribution in [1.82, 2.24) is 15.3 Å². The molecule has 0 unspecified atom stereocenters. The molecule has 3 N–H and O–H groups in total.